The van der Waals surface area contributed by atoms with Gasteiger partial charge in [0.1, 0.15) is 0 Å². The molecule has 2 aliphatic rings. The van der Waals surface area contributed by atoms with E-state index in [1.54, 1.807) is 12.1 Å². The summed E-state index contributed by atoms with van der Waals surface area (Å²) < 4.78 is 0. The van der Waals surface area contributed by atoms with Gasteiger partial charge >= 0.3 is 0 Å². The second-order valence-corrected chi connectivity index (χ2v) is 5.35. The molecule has 101 valence electrons. The second-order valence-electron chi connectivity index (χ2n) is 5.35. The van der Waals surface area contributed by atoms with Crippen LogP contribution in [0.3, 0.4) is 0 Å². The Morgan fingerprint density at radius 1 is 1.32 bits per heavy atom. The van der Waals surface area contributed by atoms with Gasteiger partial charge in [-0.05, 0) is 43.0 Å². The minimum absolute atomic E-state index is 0.0293. The largest absolute Gasteiger partial charge is 0.393 e. The van der Waals surface area contributed by atoms with Crippen LogP contribution in [0, 0.1) is 0 Å². The van der Waals surface area contributed by atoms with Gasteiger partial charge in [-0.25, -0.2) is 0 Å². The number of nitrogens with zero attached hydrogens (tertiary/aromatic N) is 1. The Hall–Kier alpha value is -1.59. The van der Waals surface area contributed by atoms with E-state index in [2.05, 4.69) is 10.2 Å². The van der Waals surface area contributed by atoms with E-state index in [4.69, 9.17) is 5.73 Å². The number of anilines is 1. The summed E-state index contributed by atoms with van der Waals surface area (Å²) in [6.45, 7) is 1.52. The normalized spacial score (nSPS) is 24.9. The van der Waals surface area contributed by atoms with Crippen LogP contribution in [0.4, 0.5) is 11.4 Å². The summed E-state index contributed by atoms with van der Waals surface area (Å²) in [5.41, 5.74) is 10.00. The molecule has 0 bridgehead atoms. The zero-order valence-corrected chi connectivity index (χ0v) is 10.7. The highest BCUT2D eigenvalue weighted by atomic mass is 16.3. The fourth-order valence-corrected chi connectivity index (χ4v) is 2.89. The monoisotopic (exact) mass is 260 g/mol. The van der Waals surface area contributed by atoms with Crippen LogP contribution in [-0.4, -0.2) is 41.1 Å². The Morgan fingerprint density at radius 2 is 2.05 bits per heavy atom. The highest BCUT2D eigenvalue weighted by Gasteiger charge is 2.33. The molecular formula is C14H18N3O2. The molecular weight excluding hydrogens is 242 g/mol. The van der Waals surface area contributed by atoms with Crippen molar-refractivity contribution < 1.29 is 9.90 Å². The third kappa shape index (κ3) is 2.43. The van der Waals surface area contributed by atoms with E-state index in [0.29, 0.717) is 12.1 Å². The summed E-state index contributed by atoms with van der Waals surface area (Å²) in [6.07, 6.45) is 1.89. The minimum atomic E-state index is -0.227. The van der Waals surface area contributed by atoms with Crippen LogP contribution < -0.4 is 11.1 Å². The van der Waals surface area contributed by atoms with E-state index in [0.717, 1.165) is 37.2 Å². The van der Waals surface area contributed by atoms with E-state index in [9.17, 15) is 9.90 Å². The summed E-state index contributed by atoms with van der Waals surface area (Å²) in [7, 11) is 0. The fraction of sp³-hybridized carbons (Fsp3) is 0.500. The van der Waals surface area contributed by atoms with Crippen molar-refractivity contribution in [2.24, 2.45) is 0 Å². The molecule has 3 N–H and O–H groups in total. The van der Waals surface area contributed by atoms with Gasteiger partial charge in [-0.3, -0.25) is 9.69 Å². The van der Waals surface area contributed by atoms with E-state index in [1.807, 2.05) is 6.07 Å². The Morgan fingerprint density at radius 3 is 2.79 bits per heavy atom. The Bertz CT molecular complexity index is 495. The zero-order valence-electron chi connectivity index (χ0n) is 10.7. The third-order valence-corrected chi connectivity index (χ3v) is 4.02. The number of aliphatic hydroxyl groups excluding tert-OH is 1. The lowest BCUT2D eigenvalue weighted by Crippen LogP contribution is -2.51. The minimum Gasteiger partial charge on any atom is -0.393 e. The molecule has 2 aliphatic heterocycles. The smallest absolute Gasteiger partial charge is 0.242 e. The summed E-state index contributed by atoms with van der Waals surface area (Å²) in [6, 6.07) is 5.14. The van der Waals surface area contributed by atoms with Gasteiger partial charge in [0.15, 0.2) is 0 Å². The maximum Gasteiger partial charge on any atom is 0.242 e. The molecule has 1 radical (unpaired) electrons. The molecule has 1 unspecified atom stereocenters. The van der Waals surface area contributed by atoms with Crippen molar-refractivity contribution in [3.05, 3.63) is 23.8 Å². The number of hydrogen-bond donors (Lipinski definition) is 2. The third-order valence-electron chi connectivity index (χ3n) is 4.02. The molecule has 0 aromatic heterocycles. The van der Waals surface area contributed by atoms with Gasteiger partial charge < -0.3 is 16.2 Å². The molecule has 1 atom stereocenters. The van der Waals surface area contributed by atoms with Crippen LogP contribution >= 0.6 is 0 Å². The fourth-order valence-electron chi connectivity index (χ4n) is 2.89. The summed E-state index contributed by atoms with van der Waals surface area (Å²) in [5.74, 6) is 0.0293. The lowest BCUT2D eigenvalue weighted by molar-refractivity contribution is -0.122. The lowest BCUT2D eigenvalue weighted by Gasteiger charge is -2.37. The molecule has 0 saturated carbocycles. The number of piperidine rings is 1. The number of rotatable bonds is 1. The molecule has 5 heteroatoms. The van der Waals surface area contributed by atoms with Gasteiger partial charge in [-0.2, -0.15) is 0 Å². The van der Waals surface area contributed by atoms with Crippen LogP contribution in [0.5, 0.6) is 0 Å². The highest BCUT2D eigenvalue weighted by molar-refractivity contribution is 5.98. The Labute approximate surface area is 112 Å². The number of fused-ring (bicyclic) bond motifs is 1. The van der Waals surface area contributed by atoms with Gasteiger partial charge in [0, 0.05) is 18.8 Å². The SMILES string of the molecule is [NH]c1ccc2c(c1)CC(N1CCC(O)CC1)C(=O)N2. The average molecular weight is 260 g/mol. The van der Waals surface area contributed by atoms with Crippen molar-refractivity contribution in [3.8, 4) is 0 Å². The molecule has 3 rings (SSSR count). The summed E-state index contributed by atoms with van der Waals surface area (Å²) in [4.78, 5) is 14.3. The van der Waals surface area contributed by atoms with Crippen molar-refractivity contribution in [2.75, 3.05) is 18.4 Å². The van der Waals surface area contributed by atoms with Crippen LogP contribution in [0.25, 0.3) is 0 Å². The van der Waals surface area contributed by atoms with Crippen LogP contribution in [-0.2, 0) is 11.2 Å². The first kappa shape index (κ1) is 12.4. The molecule has 0 spiro atoms. The Kier molecular flexibility index (Phi) is 3.16. The van der Waals surface area contributed by atoms with Crippen LogP contribution in [0.1, 0.15) is 18.4 Å². The van der Waals surface area contributed by atoms with Gasteiger partial charge in [0.2, 0.25) is 5.91 Å². The number of carbonyl (C=O) groups excluding carboxylic acids is 1. The first-order valence-electron chi connectivity index (χ1n) is 6.71. The summed E-state index contributed by atoms with van der Waals surface area (Å²) >= 11 is 0. The molecule has 1 aromatic rings. The average Bonchev–Trinajstić information content (AvgIpc) is 2.40. The molecule has 19 heavy (non-hydrogen) atoms. The quantitative estimate of drug-likeness (QED) is 0.788. The van der Waals surface area contributed by atoms with E-state index < -0.39 is 0 Å². The van der Waals surface area contributed by atoms with Gasteiger partial charge in [0.25, 0.3) is 0 Å². The number of nitrogens with one attached hydrogen (secondary N) is 2. The molecule has 1 aromatic carbocycles. The van der Waals surface area contributed by atoms with Crippen molar-refractivity contribution in [3.63, 3.8) is 0 Å². The van der Waals surface area contributed by atoms with Gasteiger partial charge in [-0.15, -0.1) is 0 Å². The first-order valence-corrected chi connectivity index (χ1v) is 6.71. The number of benzene rings is 1. The second kappa shape index (κ2) is 4.83. The van der Waals surface area contributed by atoms with E-state index in [-0.39, 0.29) is 18.1 Å². The predicted octanol–water partition coefficient (Wildman–Crippen LogP) is 0.921. The molecule has 1 fully saturated rings. The van der Waals surface area contributed by atoms with Gasteiger partial charge in [-0.1, -0.05) is 0 Å². The number of aliphatic hydroxyl groups is 1. The maximum atomic E-state index is 12.2. The van der Waals surface area contributed by atoms with Crippen molar-refractivity contribution in [1.29, 1.82) is 0 Å². The number of likely N-dealkylation sites (tertiary alicyclic amines) is 1. The van der Waals surface area contributed by atoms with E-state index in [1.165, 1.54) is 0 Å². The number of amides is 1. The van der Waals surface area contributed by atoms with Crippen molar-refractivity contribution in [2.45, 2.75) is 31.4 Å². The van der Waals surface area contributed by atoms with Crippen LogP contribution in [0.15, 0.2) is 18.2 Å². The topological polar surface area (TPSA) is 76.4 Å². The highest BCUT2D eigenvalue weighted by Crippen LogP contribution is 2.28. The standard InChI is InChI=1S/C14H18N3O2/c15-10-1-2-12-9(7-10)8-13(14(19)16-12)17-5-3-11(18)4-6-17/h1-2,7,11,13,15,18H,3-6,8H2,(H,16,19). The van der Waals surface area contributed by atoms with Crippen LogP contribution in [0.2, 0.25) is 0 Å². The molecule has 5 nitrogen and oxygen atoms in total. The van der Waals surface area contributed by atoms with Crippen molar-refractivity contribution >= 4 is 17.3 Å². The summed E-state index contributed by atoms with van der Waals surface area (Å²) in [5, 5.41) is 12.5. The molecule has 1 amide bonds. The Balaban J connectivity index is 1.79. The molecule has 0 aliphatic carbocycles. The maximum absolute atomic E-state index is 12.2. The molecule has 2 heterocycles. The lowest BCUT2D eigenvalue weighted by atomic mass is 9.95. The van der Waals surface area contributed by atoms with Crippen molar-refractivity contribution in [1.82, 2.24) is 10.6 Å². The molecule has 1 saturated heterocycles. The van der Waals surface area contributed by atoms with Gasteiger partial charge in [0.05, 0.1) is 17.8 Å². The number of carbonyl (C=O) groups is 1. The number of hydrogen-bond acceptors (Lipinski definition) is 3. The van der Waals surface area contributed by atoms with E-state index >= 15 is 0 Å². The predicted molar refractivity (Wildman–Crippen MR) is 72.1 cm³/mol. The first-order chi connectivity index (χ1) is 9.13. The zero-order chi connectivity index (χ0) is 13.4.